The number of aromatic nitrogens is 3. The number of nitrogens with zero attached hydrogens (tertiary/aromatic N) is 4. The van der Waals surface area contributed by atoms with Gasteiger partial charge in [0.05, 0.1) is 11.6 Å². The van der Waals surface area contributed by atoms with Gasteiger partial charge in [-0.2, -0.15) is 0 Å². The maximum Gasteiger partial charge on any atom is 0.160 e. The minimum Gasteiger partial charge on any atom is -0.351 e. The van der Waals surface area contributed by atoms with E-state index < -0.39 is 0 Å². The molecule has 1 aromatic carbocycles. The number of benzene rings is 1. The summed E-state index contributed by atoms with van der Waals surface area (Å²) >= 11 is 6.13. The number of imidazole rings is 1. The maximum atomic E-state index is 6.13. The zero-order chi connectivity index (χ0) is 18.3. The van der Waals surface area contributed by atoms with Crippen molar-refractivity contribution in [2.45, 2.75) is 13.5 Å². The van der Waals surface area contributed by atoms with E-state index in [2.05, 4.69) is 47.5 Å². The van der Waals surface area contributed by atoms with E-state index in [0.717, 1.165) is 33.8 Å². The largest absolute Gasteiger partial charge is 0.351 e. The molecule has 0 bridgehead atoms. The molecule has 0 amide bonds. The SMILES string of the molecule is C=C1C(C)=CC(c2nc3cc(Cl)cnc3n2Cc2ccccc2)=CN1C. The Morgan fingerprint density at radius 1 is 1.19 bits per heavy atom. The minimum absolute atomic E-state index is 0.586. The molecule has 0 saturated heterocycles. The van der Waals surface area contributed by atoms with Crippen molar-refractivity contribution in [3.63, 3.8) is 0 Å². The molecule has 2 aromatic heterocycles. The van der Waals surface area contributed by atoms with Crippen molar-refractivity contribution in [2.24, 2.45) is 0 Å². The van der Waals surface area contributed by atoms with Gasteiger partial charge >= 0.3 is 0 Å². The molecule has 5 heteroatoms. The first-order chi connectivity index (χ1) is 12.5. The molecule has 26 heavy (non-hydrogen) atoms. The first-order valence-electron chi connectivity index (χ1n) is 8.41. The number of hydrogen-bond donors (Lipinski definition) is 0. The molecule has 0 spiro atoms. The molecule has 0 fully saturated rings. The summed E-state index contributed by atoms with van der Waals surface area (Å²) in [5, 5.41) is 0.586. The third-order valence-corrected chi connectivity index (χ3v) is 4.79. The van der Waals surface area contributed by atoms with Crippen LogP contribution in [0.5, 0.6) is 0 Å². The van der Waals surface area contributed by atoms with Crippen LogP contribution in [0.1, 0.15) is 18.3 Å². The Morgan fingerprint density at radius 3 is 2.69 bits per heavy atom. The molecular weight excluding hydrogens is 344 g/mol. The van der Waals surface area contributed by atoms with Gasteiger partial charge in [-0.15, -0.1) is 0 Å². The van der Waals surface area contributed by atoms with Gasteiger partial charge in [-0.1, -0.05) is 48.5 Å². The third kappa shape index (κ3) is 2.93. The number of allylic oxidation sites excluding steroid dienone is 3. The molecule has 0 atom stereocenters. The van der Waals surface area contributed by atoms with Crippen LogP contribution in [0.15, 0.2) is 72.7 Å². The van der Waals surface area contributed by atoms with Crippen LogP contribution in [0.4, 0.5) is 0 Å². The second-order valence-corrected chi connectivity index (χ2v) is 6.91. The summed E-state index contributed by atoms with van der Waals surface area (Å²) in [7, 11) is 2.00. The lowest BCUT2D eigenvalue weighted by Gasteiger charge is -2.24. The Hall–Kier alpha value is -2.85. The highest BCUT2D eigenvalue weighted by Crippen LogP contribution is 2.30. The second-order valence-electron chi connectivity index (χ2n) is 6.47. The van der Waals surface area contributed by atoms with Gasteiger partial charge in [0.2, 0.25) is 0 Å². The third-order valence-electron chi connectivity index (χ3n) is 4.58. The number of rotatable bonds is 3. The van der Waals surface area contributed by atoms with Gasteiger partial charge in [0.1, 0.15) is 11.3 Å². The Bertz CT molecular complexity index is 1060. The fourth-order valence-electron chi connectivity index (χ4n) is 3.16. The van der Waals surface area contributed by atoms with E-state index in [1.807, 2.05) is 36.2 Å². The van der Waals surface area contributed by atoms with Gasteiger partial charge in [-0.3, -0.25) is 0 Å². The second kappa shape index (κ2) is 6.46. The summed E-state index contributed by atoms with van der Waals surface area (Å²) in [5.74, 6) is 0.873. The maximum absolute atomic E-state index is 6.13. The molecule has 4 rings (SSSR count). The van der Waals surface area contributed by atoms with Crippen molar-refractivity contribution in [3.05, 3.63) is 89.1 Å². The summed E-state index contributed by atoms with van der Waals surface area (Å²) in [4.78, 5) is 11.4. The van der Waals surface area contributed by atoms with Crippen LogP contribution >= 0.6 is 11.6 Å². The Balaban J connectivity index is 1.90. The van der Waals surface area contributed by atoms with Gasteiger partial charge in [0.15, 0.2) is 5.65 Å². The summed E-state index contributed by atoms with van der Waals surface area (Å²) < 4.78 is 2.14. The molecule has 0 aliphatic carbocycles. The van der Waals surface area contributed by atoms with Crippen molar-refractivity contribution >= 4 is 28.3 Å². The van der Waals surface area contributed by atoms with E-state index in [1.165, 1.54) is 5.56 Å². The van der Waals surface area contributed by atoms with Crippen LogP contribution in [0.25, 0.3) is 16.7 Å². The molecule has 0 N–H and O–H groups in total. The monoisotopic (exact) mass is 362 g/mol. The predicted molar refractivity (Wildman–Crippen MR) is 107 cm³/mol. The average molecular weight is 363 g/mol. The van der Waals surface area contributed by atoms with Crippen molar-refractivity contribution < 1.29 is 0 Å². The standard InChI is InChI=1S/C21H19ClN4/c1-14-9-17(13-25(3)15(14)2)20-24-19-10-18(22)11-23-21(19)26(20)12-16-7-5-4-6-8-16/h4-11,13H,2,12H2,1,3H3. The number of pyridine rings is 1. The summed E-state index contributed by atoms with van der Waals surface area (Å²) in [5.41, 5.74) is 5.95. The normalized spacial score (nSPS) is 14.6. The topological polar surface area (TPSA) is 34.0 Å². The van der Waals surface area contributed by atoms with Crippen LogP contribution in [0.2, 0.25) is 5.02 Å². The van der Waals surface area contributed by atoms with Crippen LogP contribution in [0.3, 0.4) is 0 Å². The number of likely N-dealkylation sites (N-methyl/N-ethyl adjacent to an activating group) is 1. The van der Waals surface area contributed by atoms with Gasteiger partial charge in [0, 0.05) is 30.7 Å². The zero-order valence-corrected chi connectivity index (χ0v) is 15.5. The number of fused-ring (bicyclic) bond motifs is 1. The Labute approximate surface area is 157 Å². The van der Waals surface area contributed by atoms with Crippen molar-refractivity contribution in [1.29, 1.82) is 0 Å². The van der Waals surface area contributed by atoms with Gasteiger partial charge < -0.3 is 9.47 Å². The lowest BCUT2D eigenvalue weighted by atomic mass is 10.1. The quantitative estimate of drug-likeness (QED) is 0.666. The predicted octanol–water partition coefficient (Wildman–Crippen LogP) is 4.88. The molecule has 3 heterocycles. The summed E-state index contributed by atoms with van der Waals surface area (Å²) in [6.07, 6.45) is 5.84. The lowest BCUT2D eigenvalue weighted by molar-refractivity contribution is 0.577. The van der Waals surface area contributed by atoms with Crippen LogP contribution in [-0.4, -0.2) is 26.5 Å². The van der Waals surface area contributed by atoms with E-state index in [9.17, 15) is 0 Å². The molecular formula is C21H19ClN4. The highest BCUT2D eigenvalue weighted by atomic mass is 35.5. The van der Waals surface area contributed by atoms with E-state index in [-0.39, 0.29) is 0 Å². The van der Waals surface area contributed by atoms with Crippen molar-refractivity contribution in [2.75, 3.05) is 7.05 Å². The number of hydrogen-bond acceptors (Lipinski definition) is 3. The zero-order valence-electron chi connectivity index (χ0n) is 14.8. The summed E-state index contributed by atoms with van der Waals surface area (Å²) in [6.45, 7) is 6.86. The van der Waals surface area contributed by atoms with Gasteiger partial charge in [0.25, 0.3) is 0 Å². The van der Waals surface area contributed by atoms with E-state index >= 15 is 0 Å². The van der Waals surface area contributed by atoms with Gasteiger partial charge in [-0.05, 0) is 30.2 Å². The summed E-state index contributed by atoms with van der Waals surface area (Å²) in [6, 6.07) is 12.2. The molecule has 0 saturated carbocycles. The average Bonchev–Trinajstić information content (AvgIpc) is 2.97. The van der Waals surface area contributed by atoms with Crippen LogP contribution < -0.4 is 0 Å². The van der Waals surface area contributed by atoms with Crippen molar-refractivity contribution in [1.82, 2.24) is 19.4 Å². The first kappa shape index (κ1) is 16.6. The minimum atomic E-state index is 0.586. The molecule has 1 aliphatic rings. The van der Waals surface area contributed by atoms with E-state index in [1.54, 1.807) is 6.20 Å². The van der Waals surface area contributed by atoms with Crippen molar-refractivity contribution in [3.8, 4) is 0 Å². The fourth-order valence-corrected chi connectivity index (χ4v) is 3.32. The Kier molecular flexibility index (Phi) is 4.13. The Morgan fingerprint density at radius 2 is 1.96 bits per heavy atom. The molecule has 130 valence electrons. The smallest absolute Gasteiger partial charge is 0.160 e. The van der Waals surface area contributed by atoms with Crippen LogP contribution in [-0.2, 0) is 6.54 Å². The lowest BCUT2D eigenvalue weighted by Crippen LogP contribution is -2.16. The van der Waals surface area contributed by atoms with E-state index in [0.29, 0.717) is 11.6 Å². The van der Waals surface area contributed by atoms with E-state index in [4.69, 9.17) is 16.6 Å². The molecule has 0 unspecified atom stereocenters. The first-order valence-corrected chi connectivity index (χ1v) is 8.79. The van der Waals surface area contributed by atoms with Gasteiger partial charge in [-0.25, -0.2) is 9.97 Å². The van der Waals surface area contributed by atoms with Crippen LogP contribution in [0, 0.1) is 0 Å². The molecule has 1 aliphatic heterocycles. The fraction of sp³-hybridized carbons (Fsp3) is 0.143. The molecule has 4 nitrogen and oxygen atoms in total. The highest BCUT2D eigenvalue weighted by molar-refractivity contribution is 6.31. The molecule has 0 radical (unpaired) electrons. The number of halogens is 1. The molecule has 3 aromatic rings. The highest BCUT2D eigenvalue weighted by Gasteiger charge is 2.19.